The molecule has 1 aliphatic heterocycles. The monoisotopic (exact) mass is 582 g/mol. The molecule has 1 heterocycles. The van der Waals surface area contributed by atoms with Crippen molar-refractivity contribution in [3.8, 4) is 5.75 Å². The molecule has 3 aromatic carbocycles. The molecule has 3 aromatic rings. The molecule has 0 saturated carbocycles. The summed E-state index contributed by atoms with van der Waals surface area (Å²) in [6, 6.07) is 19.9. The van der Waals surface area contributed by atoms with Crippen LogP contribution in [0.15, 0.2) is 71.6 Å². The van der Waals surface area contributed by atoms with Gasteiger partial charge in [0.1, 0.15) is 16.7 Å². The molecule has 0 spiro atoms. The summed E-state index contributed by atoms with van der Waals surface area (Å²) in [6.45, 7) is 3.43. The van der Waals surface area contributed by atoms with Crippen molar-refractivity contribution in [2.24, 2.45) is 0 Å². The van der Waals surface area contributed by atoms with E-state index in [1.807, 2.05) is 48.5 Å². The highest BCUT2D eigenvalue weighted by atomic mass is 35.5. The van der Waals surface area contributed by atoms with Gasteiger partial charge < -0.3 is 14.4 Å². The van der Waals surface area contributed by atoms with E-state index in [1.165, 1.54) is 17.5 Å². The Hall–Kier alpha value is -1.84. The molecular weight excluding hydrogens is 555 g/mol. The number of piperazine rings is 1. The van der Waals surface area contributed by atoms with Gasteiger partial charge in [0.05, 0.1) is 7.11 Å². The Balaban J connectivity index is 1.31. The second-order valence-corrected chi connectivity index (χ2v) is 12.0. The molecule has 1 aliphatic rings. The van der Waals surface area contributed by atoms with Crippen molar-refractivity contribution >= 4 is 44.8 Å². The highest BCUT2D eigenvalue weighted by Crippen LogP contribution is 2.31. The highest BCUT2D eigenvalue weighted by molar-refractivity contribution is 7.89. The topological polar surface area (TPSA) is 59.1 Å². The van der Waals surface area contributed by atoms with E-state index in [0.717, 1.165) is 24.1 Å². The first-order valence-corrected chi connectivity index (χ1v) is 14.5. The molecule has 0 radical (unpaired) electrons. The van der Waals surface area contributed by atoms with Crippen LogP contribution in [0.4, 0.5) is 0 Å². The molecular formula is C27H29Cl3N2O4S. The van der Waals surface area contributed by atoms with Gasteiger partial charge in [-0.25, -0.2) is 8.42 Å². The maximum atomic E-state index is 13.2. The Morgan fingerprint density at radius 3 is 1.89 bits per heavy atom. The first kappa shape index (κ1) is 28.2. The van der Waals surface area contributed by atoms with E-state index in [-0.39, 0.29) is 11.0 Å². The maximum absolute atomic E-state index is 13.2. The largest absolute Gasteiger partial charge is 0.495 e. The van der Waals surface area contributed by atoms with Gasteiger partial charge in [0, 0.05) is 54.4 Å². The van der Waals surface area contributed by atoms with Crippen molar-refractivity contribution in [3.05, 3.63) is 92.9 Å². The van der Waals surface area contributed by atoms with Gasteiger partial charge in [-0.3, -0.25) is 0 Å². The fourth-order valence-electron chi connectivity index (χ4n) is 4.33. The number of hydrogen-bond acceptors (Lipinski definition) is 5. The van der Waals surface area contributed by atoms with E-state index in [2.05, 4.69) is 4.90 Å². The first-order valence-electron chi connectivity index (χ1n) is 12.0. The molecule has 4 rings (SSSR count). The Labute approximate surface area is 233 Å². The summed E-state index contributed by atoms with van der Waals surface area (Å²) in [4.78, 5) is 2.35. The lowest BCUT2D eigenvalue weighted by molar-refractivity contribution is 0.0685. The van der Waals surface area contributed by atoms with E-state index < -0.39 is 10.0 Å². The minimum atomic E-state index is -3.70. The van der Waals surface area contributed by atoms with Gasteiger partial charge in [0.2, 0.25) is 10.0 Å². The average molecular weight is 584 g/mol. The number of ether oxygens (including phenoxy) is 2. The van der Waals surface area contributed by atoms with E-state index in [4.69, 9.17) is 44.3 Å². The third-order valence-electron chi connectivity index (χ3n) is 6.32. The smallest absolute Gasteiger partial charge is 0.246 e. The highest BCUT2D eigenvalue weighted by Gasteiger charge is 2.31. The minimum Gasteiger partial charge on any atom is -0.495 e. The quantitative estimate of drug-likeness (QED) is 0.268. The Morgan fingerprint density at radius 1 is 0.811 bits per heavy atom. The molecule has 198 valence electrons. The van der Waals surface area contributed by atoms with Gasteiger partial charge in [0.15, 0.2) is 0 Å². The molecule has 0 aliphatic carbocycles. The number of halogens is 3. The van der Waals surface area contributed by atoms with E-state index in [9.17, 15) is 8.42 Å². The predicted octanol–water partition coefficient (Wildman–Crippen LogP) is 6.16. The standard InChI is InChI=1S/C27H29Cl3N2O4S/c1-35-25-12-11-24(30)19-26(25)37(33,34)32-16-14-31(15-17-32)13-2-18-36-27(20-3-7-22(28)8-4-20)21-5-9-23(29)10-6-21/h3-12,19,27H,2,13-18H2,1H3. The van der Waals surface area contributed by atoms with Crippen LogP contribution in [0.2, 0.25) is 15.1 Å². The van der Waals surface area contributed by atoms with Crippen molar-refractivity contribution in [1.82, 2.24) is 9.21 Å². The molecule has 1 fully saturated rings. The summed E-state index contributed by atoms with van der Waals surface area (Å²) in [6.07, 6.45) is 0.580. The number of nitrogens with zero attached hydrogens (tertiary/aromatic N) is 2. The van der Waals surface area contributed by atoms with Gasteiger partial charge in [-0.2, -0.15) is 4.31 Å². The predicted molar refractivity (Wildman–Crippen MR) is 149 cm³/mol. The summed E-state index contributed by atoms with van der Waals surface area (Å²) in [7, 11) is -2.25. The van der Waals surface area contributed by atoms with Crippen LogP contribution in [0.1, 0.15) is 23.7 Å². The molecule has 0 amide bonds. The van der Waals surface area contributed by atoms with Crippen LogP contribution in [0.3, 0.4) is 0 Å². The van der Waals surface area contributed by atoms with Crippen LogP contribution in [0.25, 0.3) is 0 Å². The van der Waals surface area contributed by atoms with Gasteiger partial charge in [0.25, 0.3) is 0 Å². The zero-order chi connectivity index (χ0) is 26.4. The van der Waals surface area contributed by atoms with Gasteiger partial charge in [-0.15, -0.1) is 0 Å². The molecule has 10 heteroatoms. The second kappa shape index (κ2) is 12.8. The minimum absolute atomic E-state index is 0.0970. The molecule has 6 nitrogen and oxygen atoms in total. The van der Waals surface area contributed by atoms with Crippen LogP contribution < -0.4 is 4.74 Å². The SMILES string of the molecule is COc1ccc(Cl)cc1S(=O)(=O)N1CCN(CCCOC(c2ccc(Cl)cc2)c2ccc(Cl)cc2)CC1. The van der Waals surface area contributed by atoms with Gasteiger partial charge in [-0.1, -0.05) is 59.1 Å². The third-order valence-corrected chi connectivity index (χ3v) is 8.98. The number of methoxy groups -OCH3 is 1. The lowest BCUT2D eigenvalue weighted by Gasteiger charge is -2.34. The summed E-state index contributed by atoms with van der Waals surface area (Å²) in [5, 5.41) is 1.70. The fraction of sp³-hybridized carbons (Fsp3) is 0.333. The average Bonchev–Trinajstić information content (AvgIpc) is 2.90. The summed E-state index contributed by atoms with van der Waals surface area (Å²) in [5.74, 6) is 0.292. The second-order valence-electron chi connectivity index (χ2n) is 8.75. The normalized spacial score (nSPS) is 15.3. The molecule has 0 aromatic heterocycles. The maximum Gasteiger partial charge on any atom is 0.246 e. The zero-order valence-corrected chi connectivity index (χ0v) is 23.5. The van der Waals surface area contributed by atoms with E-state index >= 15 is 0 Å². The van der Waals surface area contributed by atoms with Crippen molar-refractivity contribution in [1.29, 1.82) is 0 Å². The molecule has 0 N–H and O–H groups in total. The molecule has 0 bridgehead atoms. The number of hydrogen-bond donors (Lipinski definition) is 0. The summed E-state index contributed by atoms with van der Waals surface area (Å²) < 4.78 is 39.5. The number of sulfonamides is 1. The van der Waals surface area contributed by atoms with E-state index in [1.54, 1.807) is 12.1 Å². The van der Waals surface area contributed by atoms with Gasteiger partial charge >= 0.3 is 0 Å². The van der Waals surface area contributed by atoms with Crippen LogP contribution in [0, 0.1) is 0 Å². The van der Waals surface area contributed by atoms with Crippen LogP contribution in [-0.4, -0.2) is 64.1 Å². The van der Waals surface area contributed by atoms with Crippen LogP contribution in [-0.2, 0) is 14.8 Å². The third kappa shape index (κ3) is 7.18. The zero-order valence-electron chi connectivity index (χ0n) is 20.4. The lowest BCUT2D eigenvalue weighted by atomic mass is 10.0. The van der Waals surface area contributed by atoms with Crippen molar-refractivity contribution < 1.29 is 17.9 Å². The van der Waals surface area contributed by atoms with Crippen molar-refractivity contribution in [2.45, 2.75) is 17.4 Å². The number of rotatable bonds is 10. The van der Waals surface area contributed by atoms with Crippen LogP contribution >= 0.6 is 34.8 Å². The fourth-order valence-corrected chi connectivity index (χ4v) is 6.43. The van der Waals surface area contributed by atoms with Crippen molar-refractivity contribution in [3.63, 3.8) is 0 Å². The Morgan fingerprint density at radius 2 is 1.35 bits per heavy atom. The van der Waals surface area contributed by atoms with Crippen LogP contribution in [0.5, 0.6) is 5.75 Å². The van der Waals surface area contributed by atoms with Gasteiger partial charge in [-0.05, 0) is 60.0 Å². The molecule has 0 unspecified atom stereocenters. The lowest BCUT2D eigenvalue weighted by Crippen LogP contribution is -2.48. The Kier molecular flexibility index (Phi) is 9.75. The first-order chi connectivity index (χ1) is 17.8. The summed E-state index contributed by atoms with van der Waals surface area (Å²) in [5.41, 5.74) is 2.03. The molecule has 37 heavy (non-hydrogen) atoms. The Bertz CT molecular complexity index is 1230. The molecule has 0 atom stereocenters. The summed E-state index contributed by atoms with van der Waals surface area (Å²) >= 11 is 18.2. The number of benzene rings is 3. The van der Waals surface area contributed by atoms with Crippen molar-refractivity contribution in [2.75, 3.05) is 46.4 Å². The van der Waals surface area contributed by atoms with E-state index in [0.29, 0.717) is 53.6 Å². The molecule has 1 saturated heterocycles.